The van der Waals surface area contributed by atoms with Crippen molar-refractivity contribution < 1.29 is 4.92 Å². The van der Waals surface area contributed by atoms with Crippen LogP contribution >= 0.6 is 7.26 Å². The molecule has 114 valence electrons. The fourth-order valence-electron chi connectivity index (χ4n) is 3.44. The zero-order valence-corrected chi connectivity index (χ0v) is 13.5. The van der Waals surface area contributed by atoms with Crippen LogP contribution in [-0.2, 0) is 6.16 Å². The highest BCUT2D eigenvalue weighted by molar-refractivity contribution is 7.82. The second-order valence-corrected chi connectivity index (χ2v) is 10.1. The molecule has 0 bridgehead atoms. The lowest BCUT2D eigenvalue weighted by molar-refractivity contribution is -0.384. The van der Waals surface area contributed by atoms with Gasteiger partial charge in [-0.1, -0.05) is 18.2 Å². The van der Waals surface area contributed by atoms with E-state index in [0.29, 0.717) is 0 Å². The van der Waals surface area contributed by atoms with Crippen molar-refractivity contribution in [1.82, 2.24) is 0 Å². The predicted octanol–water partition coefficient (Wildman–Crippen LogP) is 4.62. The second kappa shape index (κ2) is 6.58. The molecule has 0 unspecified atom stereocenters. The second-order valence-electron chi connectivity index (χ2n) is 6.07. The van der Waals surface area contributed by atoms with Crippen molar-refractivity contribution in [1.29, 1.82) is 0 Å². The fraction of sp³-hybridized carbons (Fsp3) is 0.333. The van der Waals surface area contributed by atoms with Crippen molar-refractivity contribution in [3.8, 4) is 0 Å². The summed E-state index contributed by atoms with van der Waals surface area (Å²) in [5.74, 6) is 0. The van der Waals surface area contributed by atoms with Crippen LogP contribution in [0.15, 0.2) is 54.6 Å². The highest BCUT2D eigenvalue weighted by atomic mass is 31.2. The normalized spacial score (nSPS) is 17.1. The minimum absolute atomic E-state index is 0.180. The molecule has 3 nitrogen and oxygen atoms in total. The van der Waals surface area contributed by atoms with Crippen LogP contribution in [0.1, 0.15) is 24.8 Å². The van der Waals surface area contributed by atoms with Crippen LogP contribution in [-0.4, -0.2) is 17.2 Å². The molecule has 0 atom stereocenters. The van der Waals surface area contributed by atoms with Gasteiger partial charge in [0.15, 0.2) is 0 Å². The lowest BCUT2D eigenvalue weighted by Gasteiger charge is -2.31. The van der Waals surface area contributed by atoms with Crippen molar-refractivity contribution >= 4 is 18.3 Å². The molecule has 2 aromatic carbocycles. The minimum atomic E-state index is -1.17. The smallest absolute Gasteiger partial charge is 0.258 e. The molecule has 1 aliphatic rings. The van der Waals surface area contributed by atoms with Gasteiger partial charge in [0, 0.05) is 12.1 Å². The van der Waals surface area contributed by atoms with Crippen molar-refractivity contribution in [2.24, 2.45) is 0 Å². The molecule has 2 aromatic rings. The summed E-state index contributed by atoms with van der Waals surface area (Å²) in [5, 5.41) is 12.3. The van der Waals surface area contributed by atoms with Gasteiger partial charge in [0.05, 0.1) is 36.0 Å². The molecule has 0 spiro atoms. The van der Waals surface area contributed by atoms with Crippen LogP contribution < -0.4 is 5.30 Å². The summed E-state index contributed by atoms with van der Waals surface area (Å²) in [4.78, 5) is 10.5. The van der Waals surface area contributed by atoms with E-state index in [9.17, 15) is 10.1 Å². The predicted molar refractivity (Wildman–Crippen MR) is 93.4 cm³/mol. The lowest BCUT2D eigenvalue weighted by atomic mass is 10.2. The SMILES string of the molecule is O=[N+]([O-])c1ccc(C[P+]2(c3ccccc3)CCCCC2)cc1. The molecule has 0 saturated carbocycles. The first-order valence-electron chi connectivity index (χ1n) is 7.85. The van der Waals surface area contributed by atoms with E-state index in [1.807, 2.05) is 12.1 Å². The van der Waals surface area contributed by atoms with Gasteiger partial charge in [-0.25, -0.2) is 0 Å². The molecule has 0 aliphatic carbocycles. The van der Waals surface area contributed by atoms with Gasteiger partial charge in [0.2, 0.25) is 0 Å². The Morgan fingerprint density at radius 1 is 0.909 bits per heavy atom. The van der Waals surface area contributed by atoms with E-state index >= 15 is 0 Å². The third-order valence-electron chi connectivity index (χ3n) is 4.61. The summed E-state index contributed by atoms with van der Waals surface area (Å²) >= 11 is 0. The van der Waals surface area contributed by atoms with Gasteiger partial charge >= 0.3 is 0 Å². The molecular weight excluding hydrogens is 293 g/mol. The van der Waals surface area contributed by atoms with Gasteiger partial charge in [-0.3, -0.25) is 10.1 Å². The molecule has 0 aromatic heterocycles. The Labute approximate surface area is 131 Å². The largest absolute Gasteiger partial charge is 0.269 e. The number of rotatable bonds is 4. The van der Waals surface area contributed by atoms with E-state index in [-0.39, 0.29) is 10.6 Å². The average molecular weight is 314 g/mol. The van der Waals surface area contributed by atoms with E-state index in [4.69, 9.17) is 0 Å². The van der Waals surface area contributed by atoms with Gasteiger partial charge in [-0.05, 0) is 49.1 Å². The number of hydrogen-bond acceptors (Lipinski definition) is 2. The van der Waals surface area contributed by atoms with Gasteiger partial charge in [0.1, 0.15) is 0 Å². The highest BCUT2D eigenvalue weighted by Gasteiger charge is 2.41. The van der Waals surface area contributed by atoms with E-state index in [1.54, 1.807) is 12.1 Å². The Bertz CT molecular complexity index is 634. The summed E-state index contributed by atoms with van der Waals surface area (Å²) < 4.78 is 0. The maximum Gasteiger partial charge on any atom is 0.269 e. The van der Waals surface area contributed by atoms with Crippen LogP contribution in [0.4, 0.5) is 5.69 Å². The number of non-ortho nitro benzene ring substituents is 1. The third-order valence-corrected chi connectivity index (χ3v) is 9.32. The quantitative estimate of drug-likeness (QED) is 0.469. The van der Waals surface area contributed by atoms with Crippen LogP contribution in [0.5, 0.6) is 0 Å². The Morgan fingerprint density at radius 3 is 2.14 bits per heavy atom. The number of hydrogen-bond donors (Lipinski definition) is 0. The summed E-state index contributed by atoms with van der Waals surface area (Å²) in [7, 11) is -1.17. The fourth-order valence-corrected chi connectivity index (χ4v) is 8.05. The van der Waals surface area contributed by atoms with E-state index in [1.165, 1.54) is 42.5 Å². The zero-order valence-electron chi connectivity index (χ0n) is 12.6. The molecular formula is C18H21NO2P+. The molecule has 22 heavy (non-hydrogen) atoms. The first-order valence-corrected chi connectivity index (χ1v) is 10.2. The number of nitro groups is 1. The highest BCUT2D eigenvalue weighted by Crippen LogP contribution is 2.63. The molecule has 1 heterocycles. The Morgan fingerprint density at radius 2 is 1.55 bits per heavy atom. The van der Waals surface area contributed by atoms with Crippen molar-refractivity contribution in [2.75, 3.05) is 12.3 Å². The first kappa shape index (κ1) is 15.2. The molecule has 0 amide bonds. The molecule has 3 rings (SSSR count). The number of nitro benzene ring substituents is 1. The number of benzene rings is 2. The molecule has 1 aliphatic heterocycles. The van der Waals surface area contributed by atoms with E-state index in [0.717, 1.165) is 6.16 Å². The summed E-state index contributed by atoms with van der Waals surface area (Å²) in [6.45, 7) is 0. The van der Waals surface area contributed by atoms with Crippen LogP contribution in [0.2, 0.25) is 0 Å². The molecule has 1 saturated heterocycles. The first-order chi connectivity index (χ1) is 10.7. The lowest BCUT2D eigenvalue weighted by Crippen LogP contribution is -2.22. The standard InChI is InChI=1S/C18H21NO2P/c20-19(21)17-11-9-16(10-12-17)15-22(13-5-2-6-14-22)18-7-3-1-4-8-18/h1,3-4,7-12H,2,5-6,13-15H2/q+1. The van der Waals surface area contributed by atoms with Gasteiger partial charge in [0.25, 0.3) is 5.69 Å². The van der Waals surface area contributed by atoms with Crippen molar-refractivity contribution in [3.63, 3.8) is 0 Å². The van der Waals surface area contributed by atoms with E-state index in [2.05, 4.69) is 30.3 Å². The molecule has 1 fully saturated rings. The topological polar surface area (TPSA) is 43.1 Å². The van der Waals surface area contributed by atoms with Crippen LogP contribution in [0.25, 0.3) is 0 Å². The maximum absolute atomic E-state index is 10.8. The van der Waals surface area contributed by atoms with Crippen LogP contribution in [0, 0.1) is 10.1 Å². The van der Waals surface area contributed by atoms with E-state index < -0.39 is 7.26 Å². The molecule has 0 radical (unpaired) electrons. The van der Waals surface area contributed by atoms with Gasteiger partial charge in [-0.2, -0.15) is 0 Å². The van der Waals surface area contributed by atoms with Crippen LogP contribution in [0.3, 0.4) is 0 Å². The summed E-state index contributed by atoms with van der Waals surface area (Å²) in [6.07, 6.45) is 7.68. The third kappa shape index (κ3) is 3.20. The van der Waals surface area contributed by atoms with Gasteiger partial charge < -0.3 is 0 Å². The maximum atomic E-state index is 10.8. The Kier molecular flexibility index (Phi) is 4.54. The summed E-state index contributed by atoms with van der Waals surface area (Å²) in [6, 6.07) is 18.1. The summed E-state index contributed by atoms with van der Waals surface area (Å²) in [5.41, 5.74) is 1.42. The molecule has 0 N–H and O–H groups in total. The molecule has 4 heteroatoms. The Hall–Kier alpha value is -1.73. The average Bonchev–Trinajstić information content (AvgIpc) is 2.57. The zero-order chi connectivity index (χ0) is 15.4. The minimum Gasteiger partial charge on any atom is -0.258 e. The van der Waals surface area contributed by atoms with Crippen molar-refractivity contribution in [3.05, 3.63) is 70.3 Å². The monoisotopic (exact) mass is 314 g/mol. The Balaban J connectivity index is 1.89. The number of nitrogens with zero attached hydrogens (tertiary/aromatic N) is 1. The van der Waals surface area contributed by atoms with Crippen molar-refractivity contribution in [2.45, 2.75) is 25.4 Å². The van der Waals surface area contributed by atoms with Gasteiger partial charge in [-0.15, -0.1) is 0 Å².